The molecule has 2 aliphatic heterocycles. The Hall–Kier alpha value is -2.94. The summed E-state index contributed by atoms with van der Waals surface area (Å²) >= 11 is 0. The summed E-state index contributed by atoms with van der Waals surface area (Å²) in [6.45, 7) is 1.94. The maximum atomic E-state index is 13.5. The SMILES string of the molecule is Cc1ccc(NC(=O)N2C3C[C@H](C#N)C[C@H]2C3)cc1-c1cncc(F)c1. The summed E-state index contributed by atoms with van der Waals surface area (Å²) in [5.41, 5.74) is 3.16. The number of carbonyl (C=O) groups excluding carboxylic acids is 1. The van der Waals surface area contributed by atoms with Crippen LogP contribution in [0.15, 0.2) is 36.7 Å². The van der Waals surface area contributed by atoms with Gasteiger partial charge in [-0.2, -0.15) is 5.26 Å². The molecule has 2 fully saturated rings. The van der Waals surface area contributed by atoms with E-state index in [9.17, 15) is 9.18 Å². The lowest BCUT2D eigenvalue weighted by molar-refractivity contribution is 0.00171. The number of hydrogen-bond acceptors (Lipinski definition) is 3. The first-order valence-corrected chi connectivity index (χ1v) is 8.75. The molecule has 0 spiro atoms. The van der Waals surface area contributed by atoms with Crippen molar-refractivity contribution in [3.8, 4) is 17.2 Å². The average molecular weight is 350 g/mol. The number of hydrogen-bond donors (Lipinski definition) is 1. The highest BCUT2D eigenvalue weighted by Crippen LogP contribution is 2.41. The first-order valence-electron chi connectivity index (χ1n) is 8.75. The number of benzene rings is 1. The lowest BCUT2D eigenvalue weighted by Gasteiger charge is -2.53. The molecule has 0 radical (unpaired) electrons. The standard InChI is InChI=1S/C20H19FN4O/c1-12-2-3-16(7-19(12)14-6-15(21)11-23-10-14)24-20(26)25-17-4-13(9-22)5-18(25)8-17/h2-3,6-7,10-11,13,17-18H,4-5,8H2,1H3,(H,24,26)/t13-,17+,18?/m1/s1. The van der Waals surface area contributed by atoms with Gasteiger partial charge in [0.1, 0.15) is 5.82 Å². The summed E-state index contributed by atoms with van der Waals surface area (Å²) in [7, 11) is 0. The van der Waals surface area contributed by atoms with Crippen LogP contribution in [0.3, 0.4) is 0 Å². The van der Waals surface area contributed by atoms with Gasteiger partial charge in [0, 0.05) is 29.5 Å². The summed E-state index contributed by atoms with van der Waals surface area (Å²) in [6, 6.07) is 9.53. The number of nitrogens with one attached hydrogen (secondary N) is 1. The van der Waals surface area contributed by atoms with E-state index in [1.165, 1.54) is 12.3 Å². The molecule has 1 aromatic carbocycles. The molecule has 2 bridgehead atoms. The van der Waals surface area contributed by atoms with Gasteiger partial charge in [0.25, 0.3) is 0 Å². The second kappa shape index (κ2) is 6.41. The van der Waals surface area contributed by atoms with Crippen LogP contribution in [-0.2, 0) is 0 Å². The third-order valence-corrected chi connectivity index (χ3v) is 5.37. The topological polar surface area (TPSA) is 69.0 Å². The first-order chi connectivity index (χ1) is 12.5. The third-order valence-electron chi connectivity index (χ3n) is 5.37. The molecule has 4 rings (SSSR count). The van der Waals surface area contributed by atoms with Gasteiger partial charge in [-0.25, -0.2) is 9.18 Å². The first kappa shape index (κ1) is 16.5. The summed E-state index contributed by atoms with van der Waals surface area (Å²) < 4.78 is 13.5. The van der Waals surface area contributed by atoms with Crippen molar-refractivity contribution in [1.29, 1.82) is 5.26 Å². The highest BCUT2D eigenvalue weighted by Gasteiger charge is 2.47. The number of aromatic nitrogens is 1. The zero-order chi connectivity index (χ0) is 18.3. The molecule has 2 saturated heterocycles. The lowest BCUT2D eigenvalue weighted by Crippen LogP contribution is -2.63. The van der Waals surface area contributed by atoms with Crippen LogP contribution < -0.4 is 5.32 Å². The summed E-state index contributed by atoms with van der Waals surface area (Å²) in [5, 5.41) is 12.0. The molecule has 0 saturated carbocycles. The maximum Gasteiger partial charge on any atom is 0.322 e. The Kier molecular flexibility index (Phi) is 4.08. The Balaban J connectivity index is 1.52. The molecule has 1 unspecified atom stereocenters. The minimum absolute atomic E-state index is 0.0641. The van der Waals surface area contributed by atoms with Crippen LogP contribution in [0.25, 0.3) is 11.1 Å². The van der Waals surface area contributed by atoms with E-state index in [-0.39, 0.29) is 24.0 Å². The van der Waals surface area contributed by atoms with Crippen LogP contribution in [0.4, 0.5) is 14.9 Å². The summed E-state index contributed by atoms with van der Waals surface area (Å²) in [6.07, 6.45) is 5.28. The monoisotopic (exact) mass is 350 g/mol. The van der Waals surface area contributed by atoms with Gasteiger partial charge < -0.3 is 10.2 Å². The summed E-state index contributed by atoms with van der Waals surface area (Å²) in [4.78, 5) is 18.4. The van der Waals surface area contributed by atoms with Gasteiger partial charge in [0.2, 0.25) is 0 Å². The van der Waals surface area contributed by atoms with Gasteiger partial charge in [-0.15, -0.1) is 0 Å². The van der Waals surface area contributed by atoms with Gasteiger partial charge in [-0.1, -0.05) is 6.07 Å². The number of carbonyl (C=O) groups is 1. The predicted molar refractivity (Wildman–Crippen MR) is 95.8 cm³/mol. The van der Waals surface area contributed by atoms with E-state index in [4.69, 9.17) is 5.26 Å². The number of piperidine rings is 1. The second-order valence-corrected chi connectivity index (χ2v) is 7.10. The van der Waals surface area contributed by atoms with E-state index in [0.717, 1.165) is 30.4 Å². The maximum absolute atomic E-state index is 13.5. The van der Waals surface area contributed by atoms with Gasteiger partial charge in [-0.05, 0) is 55.5 Å². The van der Waals surface area contributed by atoms with Crippen LogP contribution >= 0.6 is 0 Å². The normalized spacial score (nSPS) is 23.7. The summed E-state index contributed by atoms with van der Waals surface area (Å²) in [5.74, 6) is -0.328. The van der Waals surface area contributed by atoms with Crippen molar-refractivity contribution in [2.45, 2.75) is 38.3 Å². The number of nitrogens with zero attached hydrogens (tertiary/aromatic N) is 3. The van der Waals surface area contributed by atoms with Crippen molar-refractivity contribution in [1.82, 2.24) is 9.88 Å². The van der Waals surface area contributed by atoms with E-state index < -0.39 is 5.82 Å². The molecular formula is C20H19FN4O. The molecule has 26 heavy (non-hydrogen) atoms. The van der Waals surface area contributed by atoms with Gasteiger partial charge >= 0.3 is 6.03 Å². The number of urea groups is 1. The van der Waals surface area contributed by atoms with Crippen LogP contribution in [0.5, 0.6) is 0 Å². The molecular weight excluding hydrogens is 331 g/mol. The van der Waals surface area contributed by atoms with E-state index in [2.05, 4.69) is 16.4 Å². The molecule has 6 heteroatoms. The van der Waals surface area contributed by atoms with Crippen molar-refractivity contribution in [2.75, 3.05) is 5.32 Å². The zero-order valence-corrected chi connectivity index (χ0v) is 14.4. The minimum atomic E-state index is -0.392. The van der Waals surface area contributed by atoms with Crippen molar-refractivity contribution in [3.63, 3.8) is 0 Å². The zero-order valence-electron chi connectivity index (χ0n) is 14.4. The molecule has 5 nitrogen and oxygen atoms in total. The molecule has 2 aromatic rings. The van der Waals surface area contributed by atoms with E-state index in [1.54, 1.807) is 6.20 Å². The number of fused-ring (bicyclic) bond motifs is 2. The van der Waals surface area contributed by atoms with E-state index >= 15 is 0 Å². The number of aryl methyl sites for hydroxylation is 1. The Labute approximate surface area is 151 Å². The largest absolute Gasteiger partial charge is 0.322 e. The minimum Gasteiger partial charge on any atom is -0.318 e. The van der Waals surface area contributed by atoms with Crippen LogP contribution in [0, 0.1) is 30.0 Å². The third kappa shape index (κ3) is 2.90. The highest BCUT2D eigenvalue weighted by atomic mass is 19.1. The molecule has 2 aliphatic rings. The Bertz CT molecular complexity index is 895. The number of amides is 2. The quantitative estimate of drug-likeness (QED) is 0.886. The number of nitriles is 1. The average Bonchev–Trinajstić information content (AvgIpc) is 2.63. The van der Waals surface area contributed by atoms with Crippen molar-refractivity contribution < 1.29 is 9.18 Å². The Morgan fingerprint density at radius 1 is 1.27 bits per heavy atom. The number of pyridine rings is 1. The highest BCUT2D eigenvalue weighted by molar-refractivity contribution is 5.91. The Morgan fingerprint density at radius 2 is 2.04 bits per heavy atom. The number of halogens is 1. The van der Waals surface area contributed by atoms with Crippen LogP contribution in [0.2, 0.25) is 0 Å². The van der Waals surface area contributed by atoms with Crippen LogP contribution in [0.1, 0.15) is 24.8 Å². The van der Waals surface area contributed by atoms with Gasteiger partial charge in [-0.3, -0.25) is 4.98 Å². The van der Waals surface area contributed by atoms with Crippen molar-refractivity contribution >= 4 is 11.7 Å². The van der Waals surface area contributed by atoms with Gasteiger partial charge in [0.15, 0.2) is 0 Å². The fourth-order valence-electron chi connectivity index (χ4n) is 4.07. The van der Waals surface area contributed by atoms with Crippen molar-refractivity contribution in [3.05, 3.63) is 48.0 Å². The molecule has 132 valence electrons. The molecule has 3 atom stereocenters. The second-order valence-electron chi connectivity index (χ2n) is 7.10. The number of rotatable bonds is 2. The molecule has 3 heterocycles. The molecule has 1 N–H and O–H groups in total. The molecule has 1 aromatic heterocycles. The van der Waals surface area contributed by atoms with Gasteiger partial charge in [0.05, 0.1) is 18.2 Å². The van der Waals surface area contributed by atoms with Crippen LogP contribution in [-0.4, -0.2) is 28.0 Å². The smallest absolute Gasteiger partial charge is 0.318 e. The predicted octanol–water partition coefficient (Wildman–Crippen LogP) is 4.10. The number of anilines is 1. The fraction of sp³-hybridized carbons (Fsp3) is 0.350. The molecule has 2 amide bonds. The fourth-order valence-corrected chi connectivity index (χ4v) is 4.07. The lowest BCUT2D eigenvalue weighted by atomic mass is 9.74. The van der Waals surface area contributed by atoms with E-state index in [1.807, 2.05) is 30.0 Å². The molecule has 0 aliphatic carbocycles. The van der Waals surface area contributed by atoms with E-state index in [0.29, 0.717) is 11.3 Å². The Morgan fingerprint density at radius 3 is 2.73 bits per heavy atom. The van der Waals surface area contributed by atoms with Crippen molar-refractivity contribution in [2.24, 2.45) is 5.92 Å².